The number of ether oxygens (including phenoxy) is 1. The number of nitrogens with zero attached hydrogens (tertiary/aromatic N) is 1. The van der Waals surface area contributed by atoms with E-state index in [0.29, 0.717) is 11.1 Å². The van der Waals surface area contributed by atoms with Crippen molar-refractivity contribution < 1.29 is 9.13 Å². The molecule has 0 aliphatic rings. The van der Waals surface area contributed by atoms with Gasteiger partial charge in [-0.1, -0.05) is 30.3 Å². The molecule has 0 saturated carbocycles. The van der Waals surface area contributed by atoms with Gasteiger partial charge in [-0.2, -0.15) is 5.26 Å². The summed E-state index contributed by atoms with van der Waals surface area (Å²) in [6.45, 7) is 0.338. The summed E-state index contributed by atoms with van der Waals surface area (Å²) < 4.78 is 19.2. The van der Waals surface area contributed by atoms with Crippen molar-refractivity contribution in [1.29, 1.82) is 5.26 Å². The van der Waals surface area contributed by atoms with Crippen LogP contribution in [-0.2, 0) is 13.2 Å². The molecule has 0 aromatic heterocycles. The first-order valence-electron chi connectivity index (χ1n) is 5.84. The number of halogens is 1. The summed E-state index contributed by atoms with van der Waals surface area (Å²) in [5, 5.41) is 8.97. The molecular weight excluding hydrogens is 243 g/mol. The smallest absolute Gasteiger partial charge is 0.165 e. The number of para-hydroxylation sites is 1. The predicted octanol–water partition coefficient (Wildman–Crippen LogP) is 2.74. The molecule has 0 radical (unpaired) electrons. The third-order valence-corrected chi connectivity index (χ3v) is 2.78. The molecule has 0 unspecified atom stereocenters. The lowest BCUT2D eigenvalue weighted by Crippen LogP contribution is -2.05. The Kier molecular flexibility index (Phi) is 4.11. The monoisotopic (exact) mass is 256 g/mol. The van der Waals surface area contributed by atoms with Gasteiger partial charge in [-0.15, -0.1) is 0 Å². The first-order chi connectivity index (χ1) is 9.26. The van der Waals surface area contributed by atoms with Gasteiger partial charge in [-0.25, -0.2) is 4.39 Å². The van der Waals surface area contributed by atoms with E-state index in [1.54, 1.807) is 30.3 Å². The Balaban J connectivity index is 2.22. The van der Waals surface area contributed by atoms with Crippen LogP contribution in [0.1, 0.15) is 16.7 Å². The van der Waals surface area contributed by atoms with Crippen molar-refractivity contribution in [2.45, 2.75) is 13.2 Å². The van der Waals surface area contributed by atoms with Crippen LogP contribution < -0.4 is 10.5 Å². The van der Waals surface area contributed by atoms with Crippen molar-refractivity contribution in [2.24, 2.45) is 5.73 Å². The minimum absolute atomic E-state index is 0.137. The van der Waals surface area contributed by atoms with Crippen LogP contribution in [0.25, 0.3) is 0 Å². The van der Waals surface area contributed by atoms with E-state index in [1.165, 1.54) is 6.07 Å². The molecule has 0 aliphatic heterocycles. The van der Waals surface area contributed by atoms with Crippen molar-refractivity contribution in [3.05, 3.63) is 65.0 Å². The Bertz CT molecular complexity index is 620. The Labute approximate surface area is 111 Å². The van der Waals surface area contributed by atoms with Gasteiger partial charge in [0.1, 0.15) is 6.61 Å². The van der Waals surface area contributed by atoms with E-state index in [9.17, 15) is 4.39 Å². The van der Waals surface area contributed by atoms with Gasteiger partial charge in [-0.3, -0.25) is 0 Å². The molecule has 2 aromatic rings. The van der Waals surface area contributed by atoms with Crippen molar-refractivity contribution in [3.63, 3.8) is 0 Å². The highest BCUT2D eigenvalue weighted by Gasteiger charge is 2.10. The molecular formula is C15H13FN2O. The molecule has 2 aromatic carbocycles. The molecule has 2 N–H and O–H groups in total. The molecule has 0 heterocycles. The van der Waals surface area contributed by atoms with Crippen LogP contribution in [0, 0.1) is 17.1 Å². The lowest BCUT2D eigenvalue weighted by atomic mass is 10.1. The molecule has 3 nitrogen and oxygen atoms in total. The fourth-order valence-corrected chi connectivity index (χ4v) is 1.78. The van der Waals surface area contributed by atoms with Gasteiger partial charge in [0.2, 0.25) is 0 Å². The maximum atomic E-state index is 13.7. The Morgan fingerprint density at radius 2 is 1.84 bits per heavy atom. The van der Waals surface area contributed by atoms with Crippen LogP contribution in [0.3, 0.4) is 0 Å². The van der Waals surface area contributed by atoms with Gasteiger partial charge in [0.15, 0.2) is 11.6 Å². The Morgan fingerprint density at radius 3 is 2.58 bits per heavy atom. The Hall–Kier alpha value is -2.38. The molecule has 0 amide bonds. The van der Waals surface area contributed by atoms with E-state index in [0.717, 1.165) is 5.56 Å². The normalized spacial score (nSPS) is 9.95. The number of hydrogen-bond donors (Lipinski definition) is 1. The quantitative estimate of drug-likeness (QED) is 0.915. The molecule has 96 valence electrons. The fraction of sp³-hybridized carbons (Fsp3) is 0.133. The van der Waals surface area contributed by atoms with Gasteiger partial charge in [0.25, 0.3) is 0 Å². The zero-order chi connectivity index (χ0) is 13.7. The van der Waals surface area contributed by atoms with Crippen LogP contribution >= 0.6 is 0 Å². The van der Waals surface area contributed by atoms with Crippen molar-refractivity contribution in [3.8, 4) is 11.8 Å². The molecule has 4 heteroatoms. The van der Waals surface area contributed by atoms with Gasteiger partial charge in [0.05, 0.1) is 11.6 Å². The highest BCUT2D eigenvalue weighted by Crippen LogP contribution is 2.23. The first kappa shape index (κ1) is 13.1. The van der Waals surface area contributed by atoms with Crippen LogP contribution in [0.15, 0.2) is 42.5 Å². The largest absolute Gasteiger partial charge is 0.485 e. The highest BCUT2D eigenvalue weighted by molar-refractivity contribution is 5.38. The average Bonchev–Trinajstić information content (AvgIpc) is 2.46. The lowest BCUT2D eigenvalue weighted by molar-refractivity contribution is 0.286. The summed E-state index contributed by atoms with van der Waals surface area (Å²) >= 11 is 0. The van der Waals surface area contributed by atoms with Crippen LogP contribution in [0.5, 0.6) is 5.75 Å². The average molecular weight is 256 g/mol. The molecule has 0 spiro atoms. The third kappa shape index (κ3) is 2.90. The standard InChI is InChI=1S/C15H13FN2O/c16-14-7-3-6-12(9-18)15(14)19-10-13-5-2-1-4-11(13)8-17/h1-7H,9-10,18H2. The summed E-state index contributed by atoms with van der Waals surface area (Å²) in [4.78, 5) is 0. The topological polar surface area (TPSA) is 59.0 Å². The van der Waals surface area contributed by atoms with Gasteiger partial charge < -0.3 is 10.5 Å². The van der Waals surface area contributed by atoms with Crippen molar-refractivity contribution >= 4 is 0 Å². The third-order valence-electron chi connectivity index (χ3n) is 2.78. The van der Waals surface area contributed by atoms with Crippen LogP contribution in [-0.4, -0.2) is 0 Å². The molecule has 19 heavy (non-hydrogen) atoms. The van der Waals surface area contributed by atoms with Gasteiger partial charge in [-0.05, 0) is 12.1 Å². The molecule has 0 atom stereocenters. The number of benzene rings is 2. The first-order valence-corrected chi connectivity index (χ1v) is 5.84. The molecule has 2 rings (SSSR count). The maximum absolute atomic E-state index is 13.7. The van der Waals surface area contributed by atoms with Crippen molar-refractivity contribution in [1.82, 2.24) is 0 Å². The second kappa shape index (κ2) is 5.98. The fourth-order valence-electron chi connectivity index (χ4n) is 1.78. The maximum Gasteiger partial charge on any atom is 0.165 e. The Morgan fingerprint density at radius 1 is 1.11 bits per heavy atom. The van der Waals surface area contributed by atoms with Crippen molar-refractivity contribution in [2.75, 3.05) is 0 Å². The number of nitriles is 1. The number of hydrogen-bond acceptors (Lipinski definition) is 3. The molecule has 0 aliphatic carbocycles. The highest BCUT2D eigenvalue weighted by atomic mass is 19.1. The number of nitrogens with two attached hydrogens (primary N) is 1. The molecule has 0 saturated heterocycles. The SMILES string of the molecule is N#Cc1ccccc1COc1c(F)cccc1CN. The predicted molar refractivity (Wildman–Crippen MR) is 69.8 cm³/mol. The van der Waals surface area contributed by atoms with E-state index < -0.39 is 5.82 Å². The summed E-state index contributed by atoms with van der Waals surface area (Å²) in [6, 6.07) is 13.8. The molecule has 0 bridgehead atoms. The van der Waals surface area contributed by atoms with E-state index in [-0.39, 0.29) is 18.9 Å². The zero-order valence-corrected chi connectivity index (χ0v) is 10.3. The summed E-state index contributed by atoms with van der Waals surface area (Å²) in [6.07, 6.45) is 0. The van der Waals surface area contributed by atoms with E-state index in [2.05, 4.69) is 6.07 Å². The second-order valence-electron chi connectivity index (χ2n) is 3.99. The van der Waals surface area contributed by atoms with E-state index in [4.69, 9.17) is 15.7 Å². The van der Waals surface area contributed by atoms with E-state index in [1.807, 2.05) is 6.07 Å². The second-order valence-corrected chi connectivity index (χ2v) is 3.99. The zero-order valence-electron chi connectivity index (χ0n) is 10.3. The summed E-state index contributed by atoms with van der Waals surface area (Å²) in [5.41, 5.74) is 7.39. The minimum atomic E-state index is -0.447. The minimum Gasteiger partial charge on any atom is -0.485 e. The lowest BCUT2D eigenvalue weighted by Gasteiger charge is -2.12. The van der Waals surface area contributed by atoms with Gasteiger partial charge in [0, 0.05) is 17.7 Å². The molecule has 0 fully saturated rings. The van der Waals surface area contributed by atoms with Crippen LogP contribution in [0.2, 0.25) is 0 Å². The van der Waals surface area contributed by atoms with Crippen LogP contribution in [0.4, 0.5) is 4.39 Å². The van der Waals surface area contributed by atoms with E-state index >= 15 is 0 Å². The number of rotatable bonds is 4. The summed E-state index contributed by atoms with van der Waals surface area (Å²) in [5.74, 6) is -0.296. The van der Waals surface area contributed by atoms with Gasteiger partial charge >= 0.3 is 0 Å². The summed E-state index contributed by atoms with van der Waals surface area (Å²) in [7, 11) is 0.